The molecule has 5 nitrogen and oxygen atoms in total. The lowest BCUT2D eigenvalue weighted by molar-refractivity contribution is 0.0698. The zero-order chi connectivity index (χ0) is 15.6. The van der Waals surface area contributed by atoms with Crippen LogP contribution < -0.4 is 4.72 Å². The van der Waals surface area contributed by atoms with Crippen molar-refractivity contribution in [2.75, 3.05) is 10.5 Å². The first-order valence-corrected chi connectivity index (χ1v) is 8.48. The molecule has 0 aliphatic carbocycles. The van der Waals surface area contributed by atoms with Crippen molar-refractivity contribution in [1.82, 2.24) is 0 Å². The van der Waals surface area contributed by atoms with E-state index < -0.39 is 16.0 Å². The van der Waals surface area contributed by atoms with Crippen molar-refractivity contribution in [3.8, 4) is 0 Å². The zero-order valence-corrected chi connectivity index (χ0v) is 14.0. The van der Waals surface area contributed by atoms with Crippen LogP contribution in [-0.4, -0.2) is 25.2 Å². The van der Waals surface area contributed by atoms with Crippen molar-refractivity contribution >= 4 is 37.6 Å². The summed E-state index contributed by atoms with van der Waals surface area (Å²) in [7, 11) is -3.57. The van der Waals surface area contributed by atoms with E-state index in [0.717, 1.165) is 0 Å². The maximum atomic E-state index is 12.0. The predicted octanol–water partition coefficient (Wildman–Crippen LogP) is 3.33. The number of aromatic carboxylic acids is 1. The number of halogens is 1. The Balaban J connectivity index is 2.95. The number of hydrogen-bond acceptors (Lipinski definition) is 3. The van der Waals surface area contributed by atoms with E-state index in [4.69, 9.17) is 5.11 Å². The lowest BCUT2D eigenvalue weighted by Gasteiger charge is -2.18. The molecule has 0 bridgehead atoms. The molecule has 0 saturated heterocycles. The predicted molar refractivity (Wildman–Crippen MR) is 82.6 cm³/mol. The van der Waals surface area contributed by atoms with Gasteiger partial charge in [-0.15, -0.1) is 0 Å². The van der Waals surface area contributed by atoms with E-state index >= 15 is 0 Å². The normalized spacial score (nSPS) is 12.2. The van der Waals surface area contributed by atoms with E-state index in [0.29, 0.717) is 10.9 Å². The number of anilines is 1. The number of nitrogens with one attached hydrogen (secondary N) is 1. The van der Waals surface area contributed by atoms with Crippen LogP contribution in [0.1, 0.15) is 37.6 Å². The highest BCUT2D eigenvalue weighted by Gasteiger charge is 2.20. The van der Waals surface area contributed by atoms with Gasteiger partial charge in [-0.2, -0.15) is 0 Å². The minimum Gasteiger partial charge on any atom is -0.478 e. The van der Waals surface area contributed by atoms with Crippen LogP contribution in [0, 0.1) is 5.41 Å². The first-order valence-electron chi connectivity index (χ1n) is 6.03. The van der Waals surface area contributed by atoms with Gasteiger partial charge in [0.2, 0.25) is 10.0 Å². The van der Waals surface area contributed by atoms with Crippen LogP contribution in [0.25, 0.3) is 0 Å². The van der Waals surface area contributed by atoms with Crippen molar-refractivity contribution in [3.05, 3.63) is 28.2 Å². The van der Waals surface area contributed by atoms with Crippen molar-refractivity contribution in [2.24, 2.45) is 5.41 Å². The quantitative estimate of drug-likeness (QED) is 0.840. The minimum absolute atomic E-state index is 0.0500. The smallest absolute Gasteiger partial charge is 0.337 e. The fraction of sp³-hybridized carbons (Fsp3) is 0.462. The van der Waals surface area contributed by atoms with Gasteiger partial charge >= 0.3 is 5.97 Å². The number of hydrogen-bond donors (Lipinski definition) is 2. The second kappa shape index (κ2) is 6.13. The molecule has 0 aliphatic rings. The minimum atomic E-state index is -3.57. The van der Waals surface area contributed by atoms with Gasteiger partial charge in [0.25, 0.3) is 0 Å². The molecule has 20 heavy (non-hydrogen) atoms. The fourth-order valence-corrected chi connectivity index (χ4v) is 3.30. The Kier molecular flexibility index (Phi) is 5.21. The number of carboxylic acid groups (broad SMARTS) is 1. The van der Waals surface area contributed by atoms with Gasteiger partial charge in [-0.25, -0.2) is 13.2 Å². The Bertz CT molecular complexity index is 605. The lowest BCUT2D eigenvalue weighted by Crippen LogP contribution is -2.22. The van der Waals surface area contributed by atoms with E-state index in [9.17, 15) is 13.2 Å². The average Bonchev–Trinajstić information content (AvgIpc) is 2.28. The van der Waals surface area contributed by atoms with Gasteiger partial charge in [0.1, 0.15) is 0 Å². The molecule has 0 aliphatic heterocycles. The molecule has 0 atom stereocenters. The van der Waals surface area contributed by atoms with Crippen LogP contribution in [0.3, 0.4) is 0 Å². The van der Waals surface area contributed by atoms with Crippen LogP contribution >= 0.6 is 15.9 Å². The molecule has 1 rings (SSSR count). The molecule has 0 unspecified atom stereocenters. The largest absolute Gasteiger partial charge is 0.478 e. The fourth-order valence-electron chi connectivity index (χ4n) is 1.44. The van der Waals surface area contributed by atoms with E-state index in [2.05, 4.69) is 20.7 Å². The molecular weight excluding hydrogens is 346 g/mol. The highest BCUT2D eigenvalue weighted by atomic mass is 79.9. The van der Waals surface area contributed by atoms with Gasteiger partial charge in [0.05, 0.1) is 17.0 Å². The second-order valence-electron chi connectivity index (χ2n) is 5.73. The SMILES string of the molecule is CC(C)(C)CCS(=O)(=O)Nc1ccc(Br)cc1C(=O)O. The van der Waals surface area contributed by atoms with Crippen molar-refractivity contribution in [3.63, 3.8) is 0 Å². The van der Waals surface area contributed by atoms with Crippen molar-refractivity contribution in [2.45, 2.75) is 27.2 Å². The number of benzene rings is 1. The van der Waals surface area contributed by atoms with Crippen LogP contribution in [0.2, 0.25) is 0 Å². The summed E-state index contributed by atoms with van der Waals surface area (Å²) in [6, 6.07) is 4.39. The summed E-state index contributed by atoms with van der Waals surface area (Å²) in [5, 5.41) is 9.09. The van der Waals surface area contributed by atoms with E-state index in [-0.39, 0.29) is 22.4 Å². The van der Waals surface area contributed by atoms with Crippen molar-refractivity contribution < 1.29 is 18.3 Å². The molecule has 0 amide bonds. The van der Waals surface area contributed by atoms with Gasteiger partial charge in [0, 0.05) is 4.47 Å². The first kappa shape index (κ1) is 17.0. The molecule has 0 radical (unpaired) electrons. The Labute approximate surface area is 127 Å². The highest BCUT2D eigenvalue weighted by Crippen LogP contribution is 2.24. The Morgan fingerprint density at radius 2 is 1.95 bits per heavy atom. The van der Waals surface area contributed by atoms with Gasteiger partial charge in [-0.05, 0) is 30.0 Å². The molecule has 0 fully saturated rings. The molecular formula is C13H18BrNO4S. The first-order chi connectivity index (χ1) is 9.00. The van der Waals surface area contributed by atoms with Gasteiger partial charge in [-0.1, -0.05) is 36.7 Å². The van der Waals surface area contributed by atoms with Gasteiger partial charge < -0.3 is 5.11 Å². The molecule has 112 valence electrons. The molecule has 2 N–H and O–H groups in total. The van der Waals surface area contributed by atoms with E-state index in [1.807, 2.05) is 20.8 Å². The molecule has 0 saturated carbocycles. The summed E-state index contributed by atoms with van der Waals surface area (Å²) >= 11 is 3.16. The maximum absolute atomic E-state index is 12.0. The van der Waals surface area contributed by atoms with Gasteiger partial charge in [0.15, 0.2) is 0 Å². The summed E-state index contributed by atoms with van der Waals surface area (Å²) in [5.74, 6) is -1.23. The second-order valence-corrected chi connectivity index (χ2v) is 8.48. The lowest BCUT2D eigenvalue weighted by atomic mass is 9.94. The van der Waals surface area contributed by atoms with Crippen LogP contribution in [-0.2, 0) is 10.0 Å². The van der Waals surface area contributed by atoms with Gasteiger partial charge in [-0.3, -0.25) is 4.72 Å². The summed E-state index contributed by atoms with van der Waals surface area (Å²) in [5.41, 5.74) is -0.113. The maximum Gasteiger partial charge on any atom is 0.337 e. The topological polar surface area (TPSA) is 83.5 Å². The van der Waals surface area contributed by atoms with Crippen LogP contribution in [0.4, 0.5) is 5.69 Å². The third-order valence-electron chi connectivity index (χ3n) is 2.60. The van der Waals surface area contributed by atoms with E-state index in [1.165, 1.54) is 12.1 Å². The molecule has 0 aromatic heterocycles. The van der Waals surface area contributed by atoms with Crippen LogP contribution in [0.15, 0.2) is 22.7 Å². The van der Waals surface area contributed by atoms with Crippen molar-refractivity contribution in [1.29, 1.82) is 0 Å². The number of carboxylic acids is 1. The molecule has 1 aromatic rings. The monoisotopic (exact) mass is 363 g/mol. The Morgan fingerprint density at radius 1 is 1.35 bits per heavy atom. The summed E-state index contributed by atoms with van der Waals surface area (Å²) < 4.78 is 26.9. The third kappa shape index (κ3) is 5.50. The standard InChI is InChI=1S/C13H18BrNO4S/c1-13(2,3)6-7-20(18,19)15-11-5-4-9(14)8-10(11)12(16)17/h4-5,8,15H,6-7H2,1-3H3,(H,16,17). The molecule has 0 spiro atoms. The number of rotatable bonds is 5. The highest BCUT2D eigenvalue weighted by molar-refractivity contribution is 9.10. The summed E-state index contributed by atoms with van der Waals surface area (Å²) in [6.45, 7) is 5.85. The Hall–Kier alpha value is -1.08. The van der Waals surface area contributed by atoms with E-state index in [1.54, 1.807) is 6.07 Å². The summed E-state index contributed by atoms with van der Waals surface area (Å²) in [6.07, 6.45) is 0.487. The molecule has 0 heterocycles. The molecule has 1 aromatic carbocycles. The number of carbonyl (C=O) groups is 1. The average molecular weight is 364 g/mol. The molecule has 7 heteroatoms. The number of sulfonamides is 1. The zero-order valence-electron chi connectivity index (χ0n) is 11.6. The van der Waals surface area contributed by atoms with Crippen LogP contribution in [0.5, 0.6) is 0 Å². The Morgan fingerprint density at radius 3 is 2.45 bits per heavy atom. The third-order valence-corrected chi connectivity index (χ3v) is 4.36. The summed E-state index contributed by atoms with van der Waals surface area (Å²) in [4.78, 5) is 11.1.